The molecule has 1 saturated heterocycles. The van der Waals surface area contributed by atoms with Crippen LogP contribution < -0.4 is 10.1 Å². The zero-order valence-electron chi connectivity index (χ0n) is 18.0. The minimum atomic E-state index is -0.683. The first-order valence-electron chi connectivity index (χ1n) is 9.72. The molecule has 0 bridgehead atoms. The van der Waals surface area contributed by atoms with Gasteiger partial charge in [0.25, 0.3) is 5.69 Å². The summed E-state index contributed by atoms with van der Waals surface area (Å²) in [6.45, 7) is 7.06. The summed E-state index contributed by atoms with van der Waals surface area (Å²) in [7, 11) is 2.58. The van der Waals surface area contributed by atoms with Crippen LogP contribution in [0.2, 0.25) is 0 Å². The van der Waals surface area contributed by atoms with E-state index in [0.29, 0.717) is 19.6 Å². The number of carbonyl (C=O) groups is 2. The van der Waals surface area contributed by atoms with E-state index < -0.39 is 16.5 Å². The van der Waals surface area contributed by atoms with E-state index in [0.717, 1.165) is 12.8 Å². The number of hydrogen-bond acceptors (Lipinski definition) is 8. The Morgan fingerprint density at radius 1 is 1.23 bits per heavy atom. The normalized spacial score (nSPS) is 14.8. The van der Waals surface area contributed by atoms with E-state index >= 15 is 0 Å². The van der Waals surface area contributed by atoms with Crippen molar-refractivity contribution in [1.82, 2.24) is 4.90 Å². The highest BCUT2D eigenvalue weighted by molar-refractivity contribution is 5.92. The van der Waals surface area contributed by atoms with Gasteiger partial charge >= 0.3 is 12.1 Å². The van der Waals surface area contributed by atoms with Gasteiger partial charge in [0.05, 0.1) is 24.7 Å². The molecule has 0 aromatic heterocycles. The zero-order chi connectivity index (χ0) is 22.5. The number of nitrogens with zero attached hydrogens (tertiary/aromatic N) is 2. The van der Waals surface area contributed by atoms with E-state index in [-0.39, 0.29) is 34.7 Å². The van der Waals surface area contributed by atoms with E-state index in [1.807, 2.05) is 20.8 Å². The van der Waals surface area contributed by atoms with Crippen molar-refractivity contribution in [2.24, 2.45) is 5.92 Å². The second-order valence-electron chi connectivity index (χ2n) is 8.11. The SMILES string of the molecule is COC(=O)c1cc(OC)c(NCC2CCN(C(=O)OC(C)(C)C)CC2)c([N+](=O)[O-])c1. The molecule has 10 nitrogen and oxygen atoms in total. The molecule has 1 aliphatic rings. The number of anilines is 1. The van der Waals surface area contributed by atoms with Crippen molar-refractivity contribution in [2.75, 3.05) is 39.2 Å². The molecule has 2 rings (SSSR count). The van der Waals surface area contributed by atoms with Crippen LogP contribution >= 0.6 is 0 Å². The Morgan fingerprint density at radius 3 is 2.37 bits per heavy atom. The van der Waals surface area contributed by atoms with Crippen LogP contribution in [0.5, 0.6) is 5.75 Å². The maximum atomic E-state index is 12.2. The van der Waals surface area contributed by atoms with Gasteiger partial charge in [-0.3, -0.25) is 10.1 Å². The Bertz CT molecular complexity index is 796. The third-order valence-corrected chi connectivity index (χ3v) is 4.75. The largest absolute Gasteiger partial charge is 0.494 e. The fourth-order valence-corrected chi connectivity index (χ4v) is 3.21. The fourth-order valence-electron chi connectivity index (χ4n) is 3.21. The highest BCUT2D eigenvalue weighted by Gasteiger charge is 2.28. The summed E-state index contributed by atoms with van der Waals surface area (Å²) in [6.07, 6.45) is 1.15. The lowest BCUT2D eigenvalue weighted by Crippen LogP contribution is -2.42. The van der Waals surface area contributed by atoms with Crippen LogP contribution in [0.3, 0.4) is 0 Å². The quantitative estimate of drug-likeness (QED) is 0.420. The number of esters is 1. The van der Waals surface area contributed by atoms with E-state index in [1.54, 1.807) is 4.90 Å². The number of methoxy groups -OCH3 is 2. The van der Waals surface area contributed by atoms with Crippen molar-refractivity contribution in [3.63, 3.8) is 0 Å². The van der Waals surface area contributed by atoms with Crippen molar-refractivity contribution >= 4 is 23.4 Å². The number of nitro benzene ring substituents is 1. The first-order chi connectivity index (χ1) is 14.1. The van der Waals surface area contributed by atoms with Gasteiger partial charge in [-0.25, -0.2) is 9.59 Å². The molecule has 166 valence electrons. The maximum Gasteiger partial charge on any atom is 0.410 e. The first-order valence-corrected chi connectivity index (χ1v) is 9.72. The van der Waals surface area contributed by atoms with Crippen LogP contribution in [0, 0.1) is 16.0 Å². The number of benzene rings is 1. The Hall–Kier alpha value is -3.04. The standard InChI is InChI=1S/C20H29N3O7/c1-20(2,3)30-19(25)22-8-6-13(7-9-22)12-21-17-15(23(26)27)10-14(18(24)29-5)11-16(17)28-4/h10-11,13,21H,6-9,12H2,1-5H3. The van der Waals surface area contributed by atoms with Crippen LogP contribution in [-0.4, -0.2) is 61.3 Å². The summed E-state index contributed by atoms with van der Waals surface area (Å²) in [5, 5.41) is 14.6. The number of amides is 1. The number of piperidine rings is 1. The smallest absolute Gasteiger partial charge is 0.410 e. The molecule has 0 atom stereocenters. The minimum absolute atomic E-state index is 0.0391. The highest BCUT2D eigenvalue weighted by atomic mass is 16.6. The molecule has 0 aliphatic carbocycles. The molecule has 1 aromatic rings. The Labute approximate surface area is 175 Å². The molecule has 1 fully saturated rings. The molecule has 1 amide bonds. The second-order valence-corrected chi connectivity index (χ2v) is 8.11. The van der Waals surface area contributed by atoms with Crippen LogP contribution in [0.25, 0.3) is 0 Å². The van der Waals surface area contributed by atoms with Crippen molar-refractivity contribution in [3.05, 3.63) is 27.8 Å². The van der Waals surface area contributed by atoms with Gasteiger partial charge in [0.2, 0.25) is 0 Å². The summed E-state index contributed by atoms with van der Waals surface area (Å²) in [5.74, 6) is -0.276. The van der Waals surface area contributed by atoms with Gasteiger partial charge < -0.3 is 24.4 Å². The molecule has 10 heteroatoms. The lowest BCUT2D eigenvalue weighted by atomic mass is 9.97. The molecule has 30 heavy (non-hydrogen) atoms. The van der Waals surface area contributed by atoms with Crippen molar-refractivity contribution < 1.29 is 28.7 Å². The molecule has 1 aromatic carbocycles. The van der Waals surface area contributed by atoms with Crippen molar-refractivity contribution in [2.45, 2.75) is 39.2 Å². The number of nitrogens with one attached hydrogen (secondary N) is 1. The second kappa shape index (κ2) is 9.64. The fraction of sp³-hybridized carbons (Fsp3) is 0.600. The Morgan fingerprint density at radius 2 is 1.87 bits per heavy atom. The number of rotatable bonds is 6. The van der Waals surface area contributed by atoms with Gasteiger partial charge in [-0.2, -0.15) is 0 Å². The summed E-state index contributed by atoms with van der Waals surface area (Å²) < 4.78 is 15.3. The molecular formula is C20H29N3O7. The average Bonchev–Trinajstić information content (AvgIpc) is 2.69. The van der Waals surface area contributed by atoms with E-state index in [4.69, 9.17) is 9.47 Å². The lowest BCUT2D eigenvalue weighted by molar-refractivity contribution is -0.384. The van der Waals surface area contributed by atoms with E-state index in [1.165, 1.54) is 26.4 Å². The van der Waals surface area contributed by atoms with Gasteiger partial charge in [0.1, 0.15) is 11.4 Å². The van der Waals surface area contributed by atoms with Gasteiger partial charge in [-0.05, 0) is 45.6 Å². The topological polar surface area (TPSA) is 120 Å². The van der Waals surface area contributed by atoms with Gasteiger partial charge in [0.15, 0.2) is 5.69 Å². The number of nitro groups is 1. The molecule has 1 heterocycles. The molecule has 1 aliphatic heterocycles. The summed E-state index contributed by atoms with van der Waals surface area (Å²) in [4.78, 5) is 36.6. The van der Waals surface area contributed by atoms with E-state index in [9.17, 15) is 19.7 Å². The Balaban J connectivity index is 2.05. The van der Waals surface area contributed by atoms with E-state index in [2.05, 4.69) is 10.1 Å². The number of likely N-dealkylation sites (tertiary alicyclic amines) is 1. The Kier molecular flexibility index (Phi) is 7.47. The summed E-state index contributed by atoms with van der Waals surface area (Å²) in [6, 6.07) is 2.58. The van der Waals surface area contributed by atoms with Gasteiger partial charge in [0, 0.05) is 25.7 Å². The molecule has 0 unspecified atom stereocenters. The van der Waals surface area contributed by atoms with Crippen LogP contribution in [0.15, 0.2) is 12.1 Å². The third kappa shape index (κ3) is 5.98. The minimum Gasteiger partial charge on any atom is -0.494 e. The monoisotopic (exact) mass is 423 g/mol. The number of hydrogen-bond donors (Lipinski definition) is 1. The predicted octanol–water partition coefficient (Wildman–Crippen LogP) is 3.45. The van der Waals surface area contributed by atoms with Crippen molar-refractivity contribution in [1.29, 1.82) is 0 Å². The summed E-state index contributed by atoms with van der Waals surface area (Å²) in [5.41, 5.74) is -0.552. The van der Waals surface area contributed by atoms with Crippen LogP contribution in [0.1, 0.15) is 44.0 Å². The number of carbonyl (C=O) groups excluding carboxylic acids is 2. The van der Waals surface area contributed by atoms with Gasteiger partial charge in [-0.1, -0.05) is 0 Å². The van der Waals surface area contributed by atoms with Gasteiger partial charge in [-0.15, -0.1) is 0 Å². The summed E-state index contributed by atoms with van der Waals surface area (Å²) >= 11 is 0. The van der Waals surface area contributed by atoms with Crippen LogP contribution in [-0.2, 0) is 9.47 Å². The maximum absolute atomic E-state index is 12.2. The highest BCUT2D eigenvalue weighted by Crippen LogP contribution is 2.36. The molecular weight excluding hydrogens is 394 g/mol. The molecule has 1 N–H and O–H groups in total. The number of ether oxygens (including phenoxy) is 3. The molecule has 0 saturated carbocycles. The lowest BCUT2D eigenvalue weighted by Gasteiger charge is -2.33. The van der Waals surface area contributed by atoms with Crippen LogP contribution in [0.4, 0.5) is 16.2 Å². The molecule has 0 spiro atoms. The zero-order valence-corrected chi connectivity index (χ0v) is 18.0. The third-order valence-electron chi connectivity index (χ3n) is 4.75. The predicted molar refractivity (Wildman–Crippen MR) is 110 cm³/mol. The average molecular weight is 423 g/mol. The molecule has 0 radical (unpaired) electrons. The first kappa shape index (κ1) is 23.2. The van der Waals surface area contributed by atoms with Crippen molar-refractivity contribution in [3.8, 4) is 5.75 Å².